The van der Waals surface area contributed by atoms with Crippen LogP contribution in [0.15, 0.2) is 71.2 Å². The van der Waals surface area contributed by atoms with Crippen molar-refractivity contribution in [3.8, 4) is 0 Å². The first-order valence-electron chi connectivity index (χ1n) is 13.7. The van der Waals surface area contributed by atoms with Gasteiger partial charge in [-0.3, -0.25) is 9.69 Å². The highest BCUT2D eigenvalue weighted by molar-refractivity contribution is 9.10. The van der Waals surface area contributed by atoms with Crippen molar-refractivity contribution in [3.63, 3.8) is 0 Å². The van der Waals surface area contributed by atoms with E-state index in [0.717, 1.165) is 41.0 Å². The molecular weight excluding hydrogens is 543 g/mol. The summed E-state index contributed by atoms with van der Waals surface area (Å²) in [6, 6.07) is 21.7. The molecule has 1 amide bonds. The van der Waals surface area contributed by atoms with Gasteiger partial charge in [0.05, 0.1) is 11.4 Å². The van der Waals surface area contributed by atoms with E-state index in [0.29, 0.717) is 31.2 Å². The summed E-state index contributed by atoms with van der Waals surface area (Å²) >= 11 is 3.47. The van der Waals surface area contributed by atoms with Crippen LogP contribution in [0, 0.1) is 5.82 Å². The number of benzene rings is 3. The molecule has 7 heteroatoms. The van der Waals surface area contributed by atoms with E-state index in [1.807, 2.05) is 41.3 Å². The van der Waals surface area contributed by atoms with Gasteiger partial charge in [0.1, 0.15) is 5.82 Å². The molecule has 3 aromatic rings. The summed E-state index contributed by atoms with van der Waals surface area (Å²) in [5, 5.41) is 7.34. The smallest absolute Gasteiger partial charge is 0.254 e. The van der Waals surface area contributed by atoms with Crippen LogP contribution in [0.3, 0.4) is 0 Å². The van der Waals surface area contributed by atoms with Crippen molar-refractivity contribution in [3.05, 3.63) is 93.7 Å². The third-order valence-electron chi connectivity index (χ3n) is 7.63. The highest BCUT2D eigenvalue weighted by atomic mass is 79.9. The van der Waals surface area contributed by atoms with E-state index in [1.54, 1.807) is 0 Å². The Bertz CT molecular complexity index is 1220. The molecule has 0 unspecified atom stereocenters. The Labute approximate surface area is 233 Å². The van der Waals surface area contributed by atoms with Crippen LogP contribution in [0.2, 0.25) is 0 Å². The van der Waals surface area contributed by atoms with Crippen LogP contribution >= 0.6 is 15.9 Å². The normalized spacial score (nSPS) is 16.8. The molecule has 38 heavy (non-hydrogen) atoms. The number of carbonyl (C=O) groups excluding carboxylic acids is 1. The van der Waals surface area contributed by atoms with Gasteiger partial charge in [-0.05, 0) is 54.3 Å². The van der Waals surface area contributed by atoms with Gasteiger partial charge in [-0.2, -0.15) is 0 Å². The van der Waals surface area contributed by atoms with Crippen molar-refractivity contribution >= 4 is 33.2 Å². The summed E-state index contributed by atoms with van der Waals surface area (Å²) in [6.45, 7) is 4.36. The first-order valence-corrected chi connectivity index (χ1v) is 14.5. The number of carbonyl (C=O) groups is 1. The minimum absolute atomic E-state index is 0.0691. The molecule has 0 aromatic heterocycles. The summed E-state index contributed by atoms with van der Waals surface area (Å²) in [5.74, 6) is -0.173. The highest BCUT2D eigenvalue weighted by Gasteiger charge is 2.24. The van der Waals surface area contributed by atoms with E-state index < -0.39 is 0 Å². The maximum atomic E-state index is 13.5. The monoisotopic (exact) mass is 578 g/mol. The van der Waals surface area contributed by atoms with Crippen LogP contribution in [0.4, 0.5) is 15.8 Å². The van der Waals surface area contributed by atoms with Gasteiger partial charge in [0.2, 0.25) is 0 Å². The van der Waals surface area contributed by atoms with Gasteiger partial charge in [0, 0.05) is 55.3 Å². The Morgan fingerprint density at radius 1 is 0.895 bits per heavy atom. The first-order chi connectivity index (χ1) is 18.5. The predicted octanol–water partition coefficient (Wildman–Crippen LogP) is 6.90. The summed E-state index contributed by atoms with van der Waals surface area (Å²) in [4.78, 5) is 17.8. The van der Waals surface area contributed by atoms with Crippen LogP contribution in [0.5, 0.6) is 0 Å². The maximum Gasteiger partial charge on any atom is 0.254 e. The molecule has 0 spiro atoms. The minimum Gasteiger partial charge on any atom is -0.381 e. The second-order valence-corrected chi connectivity index (χ2v) is 11.2. The average Bonchev–Trinajstić information content (AvgIpc) is 2.95. The summed E-state index contributed by atoms with van der Waals surface area (Å²) in [6.07, 6.45) is 6.24. The Hall–Kier alpha value is -2.90. The predicted molar refractivity (Wildman–Crippen MR) is 156 cm³/mol. The quantitative estimate of drug-likeness (QED) is 0.305. The van der Waals surface area contributed by atoms with Gasteiger partial charge < -0.3 is 15.5 Å². The fourth-order valence-electron chi connectivity index (χ4n) is 5.39. The molecule has 1 saturated heterocycles. The Kier molecular flexibility index (Phi) is 8.97. The largest absolute Gasteiger partial charge is 0.381 e. The lowest BCUT2D eigenvalue weighted by atomic mass is 9.95. The molecule has 2 fully saturated rings. The molecule has 0 atom stereocenters. The zero-order chi connectivity index (χ0) is 26.3. The number of nitrogens with zero attached hydrogens (tertiary/aromatic N) is 2. The topological polar surface area (TPSA) is 47.6 Å². The number of halogens is 2. The van der Waals surface area contributed by atoms with E-state index in [2.05, 4.69) is 49.7 Å². The first kappa shape index (κ1) is 26.7. The lowest BCUT2D eigenvalue weighted by Crippen LogP contribution is -2.48. The summed E-state index contributed by atoms with van der Waals surface area (Å²) in [5.41, 5.74) is 5.02. The van der Waals surface area contributed by atoms with Gasteiger partial charge >= 0.3 is 0 Å². The standard InChI is InChI=1S/C31H36BrFN4O/c32-28-20-26(33)13-11-25(28)22-36-15-17-37(18-16-36)31(38)24-12-14-29(35-27-9-5-2-6-10-27)30(19-24)34-21-23-7-3-1-4-8-23/h1,3-4,7-8,11-14,19-20,27,34-35H,2,5-6,9-10,15-18,21-22H2. The molecule has 5 nitrogen and oxygen atoms in total. The molecule has 200 valence electrons. The maximum absolute atomic E-state index is 13.5. The van der Waals surface area contributed by atoms with Crippen LogP contribution in [0.25, 0.3) is 0 Å². The number of piperazine rings is 1. The van der Waals surface area contributed by atoms with Crippen molar-refractivity contribution in [1.82, 2.24) is 9.80 Å². The van der Waals surface area contributed by atoms with Gasteiger partial charge in [-0.25, -0.2) is 4.39 Å². The number of anilines is 2. The van der Waals surface area contributed by atoms with Crippen molar-refractivity contribution in [2.24, 2.45) is 0 Å². The van der Waals surface area contributed by atoms with Crippen LogP contribution < -0.4 is 10.6 Å². The molecule has 2 aliphatic rings. The molecule has 3 aromatic carbocycles. The molecular formula is C31H36BrFN4O. The molecule has 1 aliphatic heterocycles. The van der Waals surface area contributed by atoms with Crippen molar-refractivity contribution in [1.29, 1.82) is 0 Å². The van der Waals surface area contributed by atoms with E-state index in [4.69, 9.17) is 0 Å². The third-order valence-corrected chi connectivity index (χ3v) is 8.36. The molecule has 0 bridgehead atoms. The van der Waals surface area contributed by atoms with E-state index in [9.17, 15) is 9.18 Å². The fraction of sp³-hybridized carbons (Fsp3) is 0.387. The lowest BCUT2D eigenvalue weighted by Gasteiger charge is -2.35. The lowest BCUT2D eigenvalue weighted by molar-refractivity contribution is 0.0628. The number of rotatable bonds is 8. The zero-order valence-corrected chi connectivity index (χ0v) is 23.4. The molecule has 1 saturated carbocycles. The van der Waals surface area contributed by atoms with Crippen molar-refractivity contribution in [2.45, 2.75) is 51.2 Å². The van der Waals surface area contributed by atoms with E-state index in [-0.39, 0.29) is 11.7 Å². The van der Waals surface area contributed by atoms with Gasteiger partial charge in [0.15, 0.2) is 0 Å². The van der Waals surface area contributed by atoms with Gasteiger partial charge in [-0.15, -0.1) is 0 Å². The Morgan fingerprint density at radius 2 is 1.66 bits per heavy atom. The Morgan fingerprint density at radius 3 is 2.39 bits per heavy atom. The fourth-order valence-corrected chi connectivity index (χ4v) is 5.87. The van der Waals surface area contributed by atoms with Gasteiger partial charge in [0.25, 0.3) is 5.91 Å². The number of hydrogen-bond donors (Lipinski definition) is 2. The minimum atomic E-state index is -0.242. The average molecular weight is 580 g/mol. The molecule has 1 aliphatic carbocycles. The highest BCUT2D eigenvalue weighted by Crippen LogP contribution is 2.29. The van der Waals surface area contributed by atoms with Crippen LogP contribution in [-0.2, 0) is 13.1 Å². The summed E-state index contributed by atoms with van der Waals surface area (Å²) < 4.78 is 14.2. The second-order valence-electron chi connectivity index (χ2n) is 10.4. The molecule has 0 radical (unpaired) electrons. The van der Waals surface area contributed by atoms with E-state index in [1.165, 1.54) is 49.8 Å². The molecule has 1 heterocycles. The second kappa shape index (κ2) is 12.8. The third kappa shape index (κ3) is 6.94. The van der Waals surface area contributed by atoms with Crippen LogP contribution in [-0.4, -0.2) is 47.9 Å². The number of amides is 1. The van der Waals surface area contributed by atoms with Crippen LogP contribution in [0.1, 0.15) is 53.6 Å². The Balaban J connectivity index is 1.25. The number of hydrogen-bond acceptors (Lipinski definition) is 4. The number of nitrogens with one attached hydrogen (secondary N) is 2. The van der Waals surface area contributed by atoms with E-state index >= 15 is 0 Å². The van der Waals surface area contributed by atoms with Crippen molar-refractivity contribution < 1.29 is 9.18 Å². The molecule has 2 N–H and O–H groups in total. The van der Waals surface area contributed by atoms with Crippen molar-refractivity contribution in [2.75, 3.05) is 36.8 Å². The SMILES string of the molecule is O=C(c1ccc(NC2CCCCC2)c(NCc2ccccc2)c1)N1CCN(Cc2ccc(F)cc2Br)CC1. The zero-order valence-electron chi connectivity index (χ0n) is 21.8. The van der Waals surface area contributed by atoms with Gasteiger partial charge in [-0.1, -0.05) is 71.6 Å². The molecule has 5 rings (SSSR count). The summed E-state index contributed by atoms with van der Waals surface area (Å²) in [7, 11) is 0.